The molecule has 0 spiro atoms. The second-order valence-corrected chi connectivity index (χ2v) is 9.79. The van der Waals surface area contributed by atoms with Gasteiger partial charge in [-0.3, -0.25) is 4.79 Å². The second-order valence-electron chi connectivity index (χ2n) is 9.79. The van der Waals surface area contributed by atoms with Crippen LogP contribution in [0.5, 0.6) is 0 Å². The zero-order valence-corrected chi connectivity index (χ0v) is 20.3. The molecule has 0 bridgehead atoms. The molecule has 1 N–H and O–H groups in total. The molecule has 5 aromatic rings. The number of nitrogens with zero attached hydrogens (tertiary/aromatic N) is 2. The molecule has 1 heterocycles. The number of imidazole rings is 1. The number of para-hydroxylation sites is 2. The molecule has 0 saturated heterocycles. The molecule has 4 heteroatoms. The predicted octanol–water partition coefficient (Wildman–Crippen LogP) is 6.87. The smallest absolute Gasteiger partial charge is 0.248 e. The Bertz CT molecular complexity index is 1450. The third kappa shape index (κ3) is 4.73. The van der Waals surface area contributed by atoms with Crippen LogP contribution < -0.4 is 5.32 Å². The number of benzene rings is 4. The molecule has 1 unspecified atom stereocenters. The number of nitrogens with one attached hydrogen (secondary N) is 1. The molecule has 0 fully saturated rings. The zero-order chi connectivity index (χ0) is 24.4. The summed E-state index contributed by atoms with van der Waals surface area (Å²) < 4.78 is 2.07. The van der Waals surface area contributed by atoms with Crippen LogP contribution in [0.3, 0.4) is 0 Å². The first-order valence-corrected chi connectivity index (χ1v) is 11.9. The number of hydrogen-bond donors (Lipinski definition) is 1. The van der Waals surface area contributed by atoms with Crippen LogP contribution in [-0.2, 0) is 4.79 Å². The van der Waals surface area contributed by atoms with Gasteiger partial charge in [0.1, 0.15) is 11.9 Å². The van der Waals surface area contributed by atoms with E-state index in [0.717, 1.165) is 33.5 Å². The van der Waals surface area contributed by atoms with E-state index in [1.54, 1.807) is 0 Å². The normalized spacial score (nSPS) is 12.4. The van der Waals surface area contributed by atoms with E-state index in [0.29, 0.717) is 0 Å². The van der Waals surface area contributed by atoms with E-state index in [1.165, 1.54) is 5.56 Å². The van der Waals surface area contributed by atoms with Crippen molar-refractivity contribution in [2.45, 2.75) is 32.4 Å². The van der Waals surface area contributed by atoms with E-state index >= 15 is 0 Å². The van der Waals surface area contributed by atoms with Gasteiger partial charge >= 0.3 is 0 Å². The van der Waals surface area contributed by atoms with Crippen LogP contribution in [0.4, 0.5) is 0 Å². The summed E-state index contributed by atoms with van der Waals surface area (Å²) in [5.41, 5.74) is 5.61. The third-order valence-electron chi connectivity index (χ3n) is 5.97. The minimum Gasteiger partial charge on any atom is -0.349 e. The number of amides is 1. The van der Waals surface area contributed by atoms with Crippen LogP contribution >= 0.6 is 0 Å². The Morgan fingerprint density at radius 1 is 0.714 bits per heavy atom. The van der Waals surface area contributed by atoms with Crippen molar-refractivity contribution in [3.8, 4) is 22.5 Å². The van der Waals surface area contributed by atoms with Gasteiger partial charge in [0, 0.05) is 11.1 Å². The summed E-state index contributed by atoms with van der Waals surface area (Å²) in [6.45, 7) is 6.01. The highest BCUT2D eigenvalue weighted by Crippen LogP contribution is 2.33. The molecule has 0 aliphatic rings. The van der Waals surface area contributed by atoms with Gasteiger partial charge in [-0.25, -0.2) is 4.98 Å². The number of rotatable bonds is 5. The molecular weight excluding hydrogens is 430 g/mol. The van der Waals surface area contributed by atoms with E-state index in [2.05, 4.69) is 46.3 Å². The average molecular weight is 460 g/mol. The molecular formula is C31H29N3O. The lowest BCUT2D eigenvalue weighted by atomic mass is 10.0. The van der Waals surface area contributed by atoms with Crippen LogP contribution in [-0.4, -0.2) is 21.0 Å². The van der Waals surface area contributed by atoms with E-state index in [1.807, 2.05) is 93.6 Å². The second kappa shape index (κ2) is 9.22. The van der Waals surface area contributed by atoms with Gasteiger partial charge in [0.15, 0.2) is 0 Å². The SMILES string of the molecule is CC(C)(C)NC(=O)C(c1ccccc1)n1c(-c2ccc(-c3ccccc3)cc2)nc2ccccc21. The Kier molecular flexibility index (Phi) is 5.96. The first-order valence-electron chi connectivity index (χ1n) is 11.9. The Morgan fingerprint density at radius 2 is 1.26 bits per heavy atom. The molecule has 0 aliphatic carbocycles. The predicted molar refractivity (Wildman–Crippen MR) is 143 cm³/mol. The van der Waals surface area contributed by atoms with Crippen LogP contribution in [0.1, 0.15) is 32.4 Å². The van der Waals surface area contributed by atoms with Gasteiger partial charge in [-0.1, -0.05) is 97.1 Å². The molecule has 1 aromatic heterocycles. The minimum absolute atomic E-state index is 0.0611. The van der Waals surface area contributed by atoms with Crippen molar-refractivity contribution in [2.75, 3.05) is 0 Å². The lowest BCUT2D eigenvalue weighted by Gasteiger charge is -2.27. The van der Waals surface area contributed by atoms with Crippen molar-refractivity contribution >= 4 is 16.9 Å². The third-order valence-corrected chi connectivity index (χ3v) is 5.97. The number of fused-ring (bicyclic) bond motifs is 1. The molecule has 5 rings (SSSR count). The summed E-state index contributed by atoms with van der Waals surface area (Å²) in [5, 5.41) is 3.19. The summed E-state index contributed by atoms with van der Waals surface area (Å²) >= 11 is 0. The van der Waals surface area contributed by atoms with Crippen LogP contribution in [0.15, 0.2) is 109 Å². The lowest BCUT2D eigenvalue weighted by molar-refractivity contribution is -0.124. The van der Waals surface area contributed by atoms with Crippen molar-refractivity contribution in [2.24, 2.45) is 0 Å². The topological polar surface area (TPSA) is 46.9 Å². The molecule has 35 heavy (non-hydrogen) atoms. The molecule has 1 atom stereocenters. The fourth-order valence-corrected chi connectivity index (χ4v) is 4.44. The summed E-state index contributed by atoms with van der Waals surface area (Å²) in [7, 11) is 0. The Balaban J connectivity index is 1.68. The first kappa shape index (κ1) is 22.6. The van der Waals surface area contributed by atoms with Gasteiger partial charge in [0.2, 0.25) is 5.91 Å². The molecule has 0 aliphatic heterocycles. The quantitative estimate of drug-likeness (QED) is 0.312. The maximum absolute atomic E-state index is 13.8. The Morgan fingerprint density at radius 3 is 1.91 bits per heavy atom. The molecule has 4 nitrogen and oxygen atoms in total. The van der Waals surface area contributed by atoms with Crippen molar-refractivity contribution in [3.63, 3.8) is 0 Å². The van der Waals surface area contributed by atoms with Crippen molar-refractivity contribution in [1.82, 2.24) is 14.9 Å². The number of hydrogen-bond acceptors (Lipinski definition) is 2. The van der Waals surface area contributed by atoms with Crippen LogP contribution in [0.2, 0.25) is 0 Å². The fraction of sp³-hybridized carbons (Fsp3) is 0.161. The Labute approximate surface area is 206 Å². The number of carbonyl (C=O) groups is 1. The molecule has 0 radical (unpaired) electrons. The van der Waals surface area contributed by atoms with E-state index in [9.17, 15) is 4.79 Å². The molecule has 174 valence electrons. The Hall–Kier alpha value is -4.18. The minimum atomic E-state index is -0.563. The van der Waals surface area contributed by atoms with Crippen molar-refractivity contribution < 1.29 is 4.79 Å². The van der Waals surface area contributed by atoms with Crippen molar-refractivity contribution in [1.29, 1.82) is 0 Å². The number of aromatic nitrogens is 2. The lowest BCUT2D eigenvalue weighted by Crippen LogP contribution is -2.44. The first-order chi connectivity index (χ1) is 16.9. The summed E-state index contributed by atoms with van der Waals surface area (Å²) in [5.74, 6) is 0.706. The average Bonchev–Trinajstić information content (AvgIpc) is 3.24. The van der Waals surface area contributed by atoms with Crippen LogP contribution in [0.25, 0.3) is 33.5 Å². The highest BCUT2D eigenvalue weighted by atomic mass is 16.2. The fourth-order valence-electron chi connectivity index (χ4n) is 4.44. The standard InChI is InChI=1S/C31H29N3O/c1-31(2,3)33-30(35)28(24-14-8-5-9-15-24)34-27-17-11-10-16-26(27)32-29(34)25-20-18-23(19-21-25)22-12-6-4-7-13-22/h4-21,28H,1-3H3,(H,33,35). The van der Waals surface area contributed by atoms with Crippen LogP contribution in [0, 0.1) is 0 Å². The van der Waals surface area contributed by atoms with Gasteiger partial charge in [0.25, 0.3) is 0 Å². The maximum atomic E-state index is 13.8. The monoisotopic (exact) mass is 459 g/mol. The highest BCUT2D eigenvalue weighted by Gasteiger charge is 2.30. The van der Waals surface area contributed by atoms with Gasteiger partial charge < -0.3 is 9.88 Å². The molecule has 1 amide bonds. The van der Waals surface area contributed by atoms with E-state index in [-0.39, 0.29) is 11.4 Å². The molecule has 4 aromatic carbocycles. The van der Waals surface area contributed by atoms with E-state index in [4.69, 9.17) is 4.98 Å². The zero-order valence-electron chi connectivity index (χ0n) is 20.3. The maximum Gasteiger partial charge on any atom is 0.248 e. The van der Waals surface area contributed by atoms with Gasteiger partial charge in [-0.2, -0.15) is 0 Å². The summed E-state index contributed by atoms with van der Waals surface area (Å²) in [4.78, 5) is 18.8. The van der Waals surface area contributed by atoms with E-state index < -0.39 is 6.04 Å². The van der Waals surface area contributed by atoms with Crippen molar-refractivity contribution in [3.05, 3.63) is 115 Å². The summed E-state index contributed by atoms with van der Waals surface area (Å²) in [6.07, 6.45) is 0. The number of carbonyl (C=O) groups excluding carboxylic acids is 1. The summed E-state index contributed by atoms with van der Waals surface area (Å²) in [6, 6.07) is 36.1. The van der Waals surface area contributed by atoms with Gasteiger partial charge in [-0.05, 0) is 49.6 Å². The van der Waals surface area contributed by atoms with Gasteiger partial charge in [-0.15, -0.1) is 0 Å². The highest BCUT2D eigenvalue weighted by molar-refractivity contribution is 5.89. The van der Waals surface area contributed by atoms with Gasteiger partial charge in [0.05, 0.1) is 11.0 Å². The largest absolute Gasteiger partial charge is 0.349 e. The molecule has 0 saturated carbocycles.